The van der Waals surface area contributed by atoms with Crippen LogP contribution in [0, 0.1) is 0 Å². The monoisotopic (exact) mass is 369 g/mol. The van der Waals surface area contributed by atoms with E-state index in [9.17, 15) is 4.79 Å². The van der Waals surface area contributed by atoms with Crippen molar-refractivity contribution >= 4 is 5.91 Å². The number of nitrogens with one attached hydrogen (secondary N) is 1. The van der Waals surface area contributed by atoms with Gasteiger partial charge in [-0.3, -0.25) is 9.69 Å². The number of carbonyl (C=O) groups excluding carboxylic acids is 1. The zero-order valence-electron chi connectivity index (χ0n) is 16.7. The Morgan fingerprint density at radius 2 is 1.63 bits per heavy atom. The molecule has 0 radical (unpaired) electrons. The molecular weight excluding hydrogens is 334 g/mol. The topological polar surface area (TPSA) is 35.6 Å². The second-order valence-corrected chi connectivity index (χ2v) is 8.88. The highest BCUT2D eigenvalue weighted by Gasteiger charge is 2.36. The number of nitrogens with zero attached hydrogens (tertiary/aromatic N) is 2. The van der Waals surface area contributed by atoms with Gasteiger partial charge in [-0.25, -0.2) is 0 Å². The zero-order chi connectivity index (χ0) is 18.5. The van der Waals surface area contributed by atoms with E-state index in [0.717, 1.165) is 25.7 Å². The molecule has 3 aliphatic rings. The minimum atomic E-state index is 0.152. The Balaban J connectivity index is 1.25. The van der Waals surface area contributed by atoms with Gasteiger partial charge in [0.15, 0.2) is 0 Å². The number of amides is 1. The lowest BCUT2D eigenvalue weighted by molar-refractivity contribution is -0.122. The van der Waals surface area contributed by atoms with E-state index < -0.39 is 0 Å². The second kappa shape index (κ2) is 8.74. The third-order valence-electron chi connectivity index (χ3n) is 7.15. The molecule has 2 heterocycles. The summed E-state index contributed by atoms with van der Waals surface area (Å²) in [5.41, 5.74) is 1.55. The van der Waals surface area contributed by atoms with Crippen LogP contribution in [0.15, 0.2) is 30.3 Å². The minimum absolute atomic E-state index is 0.152. The molecule has 1 amide bonds. The molecule has 1 aliphatic carbocycles. The Bertz CT molecular complexity index is 597. The molecule has 1 saturated carbocycles. The normalized spacial score (nSPS) is 24.3. The standard InChI is InChI=1S/C23H35N3O/c27-22(18-25-16-10-21(11-17-25)26-14-6-7-15-26)24-19-23(12-4-5-13-23)20-8-2-1-3-9-20/h1-3,8-9,21H,4-7,10-19H2,(H,24,27). The highest BCUT2D eigenvalue weighted by Crippen LogP contribution is 2.40. The second-order valence-electron chi connectivity index (χ2n) is 8.88. The number of hydrogen-bond donors (Lipinski definition) is 1. The SMILES string of the molecule is O=C(CN1CCC(N2CCCC2)CC1)NCC1(c2ccccc2)CCCC1. The van der Waals surface area contributed by atoms with E-state index in [2.05, 4.69) is 45.4 Å². The van der Waals surface area contributed by atoms with Crippen molar-refractivity contribution < 1.29 is 4.79 Å². The molecule has 4 rings (SSSR count). The molecule has 0 bridgehead atoms. The lowest BCUT2D eigenvalue weighted by Gasteiger charge is -2.36. The molecule has 3 fully saturated rings. The first-order chi connectivity index (χ1) is 13.3. The van der Waals surface area contributed by atoms with E-state index in [1.165, 1.54) is 70.0 Å². The van der Waals surface area contributed by atoms with Crippen LogP contribution in [0.2, 0.25) is 0 Å². The van der Waals surface area contributed by atoms with Crippen LogP contribution in [0.5, 0.6) is 0 Å². The number of piperidine rings is 1. The molecule has 148 valence electrons. The van der Waals surface area contributed by atoms with Gasteiger partial charge in [0, 0.05) is 31.1 Å². The summed E-state index contributed by atoms with van der Waals surface area (Å²) in [6.45, 7) is 6.06. The molecule has 4 heteroatoms. The van der Waals surface area contributed by atoms with Gasteiger partial charge in [-0.2, -0.15) is 0 Å². The summed E-state index contributed by atoms with van der Waals surface area (Å²) in [5.74, 6) is 0.205. The molecule has 0 spiro atoms. The largest absolute Gasteiger partial charge is 0.354 e. The average Bonchev–Trinajstić information content (AvgIpc) is 3.41. The highest BCUT2D eigenvalue weighted by molar-refractivity contribution is 5.78. The predicted molar refractivity (Wildman–Crippen MR) is 110 cm³/mol. The predicted octanol–water partition coefficient (Wildman–Crippen LogP) is 3.17. The van der Waals surface area contributed by atoms with E-state index in [1.54, 1.807) is 0 Å². The number of hydrogen-bond acceptors (Lipinski definition) is 3. The maximum absolute atomic E-state index is 12.6. The Hall–Kier alpha value is -1.39. The molecule has 0 aromatic heterocycles. The van der Waals surface area contributed by atoms with Crippen LogP contribution >= 0.6 is 0 Å². The maximum Gasteiger partial charge on any atom is 0.234 e. The van der Waals surface area contributed by atoms with Gasteiger partial charge in [-0.1, -0.05) is 43.2 Å². The molecule has 2 saturated heterocycles. The van der Waals surface area contributed by atoms with Gasteiger partial charge in [-0.15, -0.1) is 0 Å². The average molecular weight is 370 g/mol. The van der Waals surface area contributed by atoms with E-state index >= 15 is 0 Å². The minimum Gasteiger partial charge on any atom is -0.354 e. The van der Waals surface area contributed by atoms with Gasteiger partial charge >= 0.3 is 0 Å². The number of rotatable bonds is 6. The summed E-state index contributed by atoms with van der Waals surface area (Å²) in [4.78, 5) is 17.6. The summed E-state index contributed by atoms with van der Waals surface area (Å²) in [5, 5.41) is 3.29. The van der Waals surface area contributed by atoms with E-state index in [1.807, 2.05) is 0 Å². The van der Waals surface area contributed by atoms with Gasteiger partial charge in [-0.05, 0) is 57.2 Å². The summed E-state index contributed by atoms with van der Waals surface area (Å²) in [7, 11) is 0. The fraction of sp³-hybridized carbons (Fsp3) is 0.696. The van der Waals surface area contributed by atoms with Crippen molar-refractivity contribution in [2.45, 2.75) is 62.8 Å². The summed E-state index contributed by atoms with van der Waals surface area (Å²) in [6.07, 6.45) is 10.1. The van der Waals surface area contributed by atoms with Gasteiger partial charge in [0.25, 0.3) is 0 Å². The van der Waals surface area contributed by atoms with Crippen molar-refractivity contribution in [2.75, 3.05) is 39.3 Å². The smallest absolute Gasteiger partial charge is 0.234 e. The van der Waals surface area contributed by atoms with E-state index in [-0.39, 0.29) is 11.3 Å². The zero-order valence-corrected chi connectivity index (χ0v) is 16.7. The lowest BCUT2D eigenvalue weighted by Crippen LogP contribution is -2.48. The fourth-order valence-electron chi connectivity index (χ4n) is 5.49. The lowest BCUT2D eigenvalue weighted by atomic mass is 9.79. The third-order valence-corrected chi connectivity index (χ3v) is 7.15. The van der Waals surface area contributed by atoms with Crippen molar-refractivity contribution in [3.63, 3.8) is 0 Å². The van der Waals surface area contributed by atoms with Crippen LogP contribution in [0.25, 0.3) is 0 Å². The van der Waals surface area contributed by atoms with Crippen LogP contribution in [-0.2, 0) is 10.2 Å². The summed E-state index contributed by atoms with van der Waals surface area (Å²) >= 11 is 0. The number of benzene rings is 1. The molecule has 2 aliphatic heterocycles. The first-order valence-corrected chi connectivity index (χ1v) is 11.0. The van der Waals surface area contributed by atoms with Gasteiger partial charge < -0.3 is 10.2 Å². The molecule has 4 nitrogen and oxygen atoms in total. The maximum atomic E-state index is 12.6. The molecule has 0 atom stereocenters. The molecule has 1 aromatic carbocycles. The van der Waals surface area contributed by atoms with Crippen molar-refractivity contribution in [3.8, 4) is 0 Å². The van der Waals surface area contributed by atoms with Gasteiger partial charge in [0.05, 0.1) is 6.54 Å². The van der Waals surface area contributed by atoms with Crippen LogP contribution in [0.3, 0.4) is 0 Å². The highest BCUT2D eigenvalue weighted by atomic mass is 16.2. The fourth-order valence-corrected chi connectivity index (χ4v) is 5.49. The van der Waals surface area contributed by atoms with Crippen LogP contribution < -0.4 is 5.32 Å². The molecule has 1 N–H and O–H groups in total. The van der Waals surface area contributed by atoms with Gasteiger partial charge in [0.2, 0.25) is 5.91 Å². The van der Waals surface area contributed by atoms with Gasteiger partial charge in [0.1, 0.15) is 0 Å². The van der Waals surface area contributed by atoms with E-state index in [4.69, 9.17) is 0 Å². The number of likely N-dealkylation sites (tertiary alicyclic amines) is 2. The van der Waals surface area contributed by atoms with Crippen molar-refractivity contribution in [1.82, 2.24) is 15.1 Å². The number of carbonyl (C=O) groups is 1. The Kier molecular flexibility index (Phi) is 6.14. The Morgan fingerprint density at radius 1 is 0.963 bits per heavy atom. The Labute approximate surface area is 164 Å². The Morgan fingerprint density at radius 3 is 2.30 bits per heavy atom. The van der Waals surface area contributed by atoms with Crippen LogP contribution in [-0.4, -0.2) is 61.0 Å². The molecule has 1 aromatic rings. The van der Waals surface area contributed by atoms with Crippen molar-refractivity contribution in [1.29, 1.82) is 0 Å². The molecular formula is C23H35N3O. The first kappa shape index (κ1) is 18.9. The molecule has 27 heavy (non-hydrogen) atoms. The molecule has 0 unspecified atom stereocenters. The van der Waals surface area contributed by atoms with Crippen LogP contribution in [0.1, 0.15) is 56.9 Å². The third kappa shape index (κ3) is 4.55. The van der Waals surface area contributed by atoms with Crippen molar-refractivity contribution in [2.24, 2.45) is 0 Å². The first-order valence-electron chi connectivity index (χ1n) is 11.0. The quantitative estimate of drug-likeness (QED) is 0.837. The summed E-state index contributed by atoms with van der Waals surface area (Å²) < 4.78 is 0. The summed E-state index contributed by atoms with van der Waals surface area (Å²) in [6, 6.07) is 11.6. The van der Waals surface area contributed by atoms with Crippen LogP contribution in [0.4, 0.5) is 0 Å². The van der Waals surface area contributed by atoms with E-state index in [0.29, 0.717) is 6.54 Å². The van der Waals surface area contributed by atoms with Crippen molar-refractivity contribution in [3.05, 3.63) is 35.9 Å².